The van der Waals surface area contributed by atoms with Crippen LogP contribution < -0.4 is 0 Å². The Kier molecular flexibility index (Phi) is 5.41. The number of fused-ring (bicyclic) bond motifs is 3. The first-order valence-corrected chi connectivity index (χ1v) is 13.3. The van der Waals surface area contributed by atoms with Crippen LogP contribution in [0, 0.1) is 28.6 Å². The van der Waals surface area contributed by atoms with Gasteiger partial charge in [0.15, 0.2) is 5.78 Å². The first-order chi connectivity index (χ1) is 18.3. The Morgan fingerprint density at radius 1 is 1.18 bits per heavy atom. The highest BCUT2D eigenvalue weighted by atomic mass is 19.1. The van der Waals surface area contributed by atoms with Crippen LogP contribution in [0.15, 0.2) is 40.4 Å². The number of ketones is 1. The molecule has 9 atom stereocenters. The zero-order valence-electron chi connectivity index (χ0n) is 22.2. The van der Waals surface area contributed by atoms with Gasteiger partial charge in [-0.15, -0.1) is 0 Å². The molecule has 1 aromatic rings. The lowest BCUT2D eigenvalue weighted by Crippen LogP contribution is -2.64. The molecule has 0 radical (unpaired) electrons. The molecule has 1 N–H and O–H groups in total. The summed E-state index contributed by atoms with van der Waals surface area (Å²) in [5.41, 5.74) is -4.11. The minimum Gasteiger partial charge on any atom is -0.478 e. The zero-order valence-corrected chi connectivity index (χ0v) is 22.2. The van der Waals surface area contributed by atoms with Gasteiger partial charge in [-0.25, -0.2) is 14.0 Å². The van der Waals surface area contributed by atoms with Gasteiger partial charge in [-0.3, -0.25) is 9.59 Å². The van der Waals surface area contributed by atoms with Crippen LogP contribution in [0.25, 0.3) is 0 Å². The molecule has 6 rings (SSSR count). The number of halogens is 1. The van der Waals surface area contributed by atoms with E-state index in [1.54, 1.807) is 13.0 Å². The van der Waals surface area contributed by atoms with E-state index < -0.39 is 52.0 Å². The van der Waals surface area contributed by atoms with Crippen molar-refractivity contribution in [2.24, 2.45) is 28.6 Å². The van der Waals surface area contributed by atoms with Crippen molar-refractivity contribution in [1.29, 1.82) is 0 Å². The molecular formula is C29H31FO9. The zero-order chi connectivity index (χ0) is 28.1. The number of carboxylic acids is 1. The number of aliphatic carboxylic acids is 1. The first-order valence-electron chi connectivity index (χ1n) is 13.3. The summed E-state index contributed by atoms with van der Waals surface area (Å²) in [6.45, 7) is 6.53. The molecule has 39 heavy (non-hydrogen) atoms. The molecule has 1 aliphatic heterocycles. The average molecular weight is 543 g/mol. The highest BCUT2D eigenvalue weighted by Crippen LogP contribution is 2.77. The molecule has 0 bridgehead atoms. The maximum Gasteiger partial charge on any atom is 0.375 e. The lowest BCUT2D eigenvalue weighted by atomic mass is 9.46. The highest BCUT2D eigenvalue weighted by Gasteiger charge is 2.84. The van der Waals surface area contributed by atoms with Crippen molar-refractivity contribution in [2.45, 2.75) is 77.0 Å². The lowest BCUT2D eigenvalue weighted by Gasteiger charge is -2.56. The van der Waals surface area contributed by atoms with Gasteiger partial charge in [0.1, 0.15) is 24.1 Å². The highest BCUT2D eigenvalue weighted by molar-refractivity contribution is 6.01. The second kappa shape index (κ2) is 8.13. The van der Waals surface area contributed by atoms with Gasteiger partial charge in [-0.05, 0) is 67.9 Å². The molecule has 1 saturated heterocycles. The third kappa shape index (κ3) is 3.21. The van der Waals surface area contributed by atoms with Gasteiger partial charge in [-0.2, -0.15) is 0 Å². The Balaban J connectivity index is 1.35. The van der Waals surface area contributed by atoms with Crippen molar-refractivity contribution in [3.63, 3.8) is 0 Å². The van der Waals surface area contributed by atoms with E-state index in [9.17, 15) is 24.3 Å². The predicted octanol–water partition coefficient (Wildman–Crippen LogP) is 3.96. The fourth-order valence-electron chi connectivity index (χ4n) is 8.61. The molecule has 1 spiro atoms. The molecule has 3 saturated carbocycles. The first kappa shape index (κ1) is 26.0. The normalized spacial score (nSPS) is 43.4. The van der Waals surface area contributed by atoms with Gasteiger partial charge < -0.3 is 23.7 Å². The minimum absolute atomic E-state index is 0.105. The van der Waals surface area contributed by atoms with Crippen molar-refractivity contribution < 1.29 is 47.3 Å². The van der Waals surface area contributed by atoms with Crippen LogP contribution in [-0.2, 0) is 35.2 Å². The van der Waals surface area contributed by atoms with E-state index in [0.29, 0.717) is 18.4 Å². The van der Waals surface area contributed by atoms with Crippen molar-refractivity contribution in [2.75, 3.05) is 0 Å². The predicted molar refractivity (Wildman–Crippen MR) is 131 cm³/mol. The van der Waals surface area contributed by atoms with Crippen LogP contribution in [-0.4, -0.2) is 52.3 Å². The van der Waals surface area contributed by atoms with Crippen LogP contribution in [0.3, 0.4) is 0 Å². The van der Waals surface area contributed by atoms with Gasteiger partial charge in [0.25, 0.3) is 0 Å². The number of hydrogen-bond acceptors (Lipinski definition) is 8. The molecule has 4 aliphatic carbocycles. The molecule has 2 unspecified atom stereocenters. The van der Waals surface area contributed by atoms with Crippen molar-refractivity contribution in [3.8, 4) is 0 Å². The fraction of sp³-hybridized carbons (Fsp3) is 0.586. The topological polar surface area (TPSA) is 133 Å². The Morgan fingerprint density at radius 3 is 2.62 bits per heavy atom. The number of carbonyl (C=O) groups is 4. The summed E-state index contributed by atoms with van der Waals surface area (Å²) in [4.78, 5) is 49.6. The van der Waals surface area contributed by atoms with Crippen LogP contribution in [0.5, 0.6) is 0 Å². The number of epoxide rings is 1. The summed E-state index contributed by atoms with van der Waals surface area (Å²) in [7, 11) is 0. The quantitative estimate of drug-likeness (QED) is 0.434. The molecule has 4 fully saturated rings. The number of carboxylic acid groups (broad SMARTS) is 1. The van der Waals surface area contributed by atoms with E-state index in [1.807, 2.05) is 13.8 Å². The second-order valence-corrected chi connectivity index (χ2v) is 12.1. The Hall–Kier alpha value is -3.27. The van der Waals surface area contributed by atoms with Gasteiger partial charge in [-0.1, -0.05) is 19.9 Å². The summed E-state index contributed by atoms with van der Waals surface area (Å²) in [6, 6.07) is 2.81. The van der Waals surface area contributed by atoms with Crippen molar-refractivity contribution >= 4 is 23.7 Å². The van der Waals surface area contributed by atoms with E-state index in [4.69, 9.17) is 18.6 Å². The monoisotopic (exact) mass is 542 g/mol. The number of allylic oxidation sites excluding steroid dienone is 2. The Bertz CT molecular complexity index is 1360. The van der Waals surface area contributed by atoms with Crippen LogP contribution >= 0.6 is 0 Å². The summed E-state index contributed by atoms with van der Waals surface area (Å²) >= 11 is 0. The third-order valence-corrected chi connectivity index (χ3v) is 10.3. The Morgan fingerprint density at radius 2 is 1.92 bits per heavy atom. The number of carbonyl (C=O) groups excluding carboxylic acids is 3. The standard InChI is InChI=1S/C29H31FO9/c1-14-9-18-19-11-21(30)20-10-16(32)7-8-26(20,3)29(19)23(38-29)12-27(18,4)28(14,25(34)35)39-24(33)22-6-5-17(37-22)13-36-15(2)31/h5-8,10,14,18-19,21,23H,9,11-13H2,1-4H3,(H,34,35)/t14-,18?,19?,21+,23+,26+,27+,28+,29-/m1/s1. The van der Waals surface area contributed by atoms with Gasteiger partial charge in [0, 0.05) is 23.7 Å². The molecule has 0 aromatic carbocycles. The summed E-state index contributed by atoms with van der Waals surface area (Å²) in [5, 5.41) is 10.7. The number of ether oxygens (including phenoxy) is 3. The SMILES string of the molecule is CC(=O)OCc1ccc(C(=O)O[C@]2(C(=O)O)[C@H](C)CC3C4C[C@H](F)C5=CC(=O)C=C[C@]5(C)[C@@]45O[C@H]5C[C@@]32C)o1. The summed E-state index contributed by atoms with van der Waals surface area (Å²) < 4.78 is 38.4. The van der Waals surface area contributed by atoms with Crippen molar-refractivity contribution in [1.82, 2.24) is 0 Å². The molecular weight excluding hydrogens is 511 g/mol. The molecule has 5 aliphatic rings. The van der Waals surface area contributed by atoms with Gasteiger partial charge in [0.05, 0.1) is 6.10 Å². The van der Waals surface area contributed by atoms with E-state index in [2.05, 4.69) is 0 Å². The summed E-state index contributed by atoms with van der Waals surface area (Å²) in [6.07, 6.45) is 3.63. The average Bonchev–Trinajstić information content (AvgIpc) is 3.30. The van der Waals surface area contributed by atoms with Crippen molar-refractivity contribution in [3.05, 3.63) is 47.5 Å². The fourth-order valence-corrected chi connectivity index (χ4v) is 8.61. The number of rotatable bonds is 5. The van der Waals surface area contributed by atoms with Crippen LogP contribution in [0.2, 0.25) is 0 Å². The maximum atomic E-state index is 15.7. The second-order valence-electron chi connectivity index (χ2n) is 12.1. The molecule has 2 heterocycles. The summed E-state index contributed by atoms with van der Waals surface area (Å²) in [5.74, 6) is -4.19. The Labute approximate surface area is 224 Å². The largest absolute Gasteiger partial charge is 0.478 e. The number of hydrogen-bond donors (Lipinski definition) is 1. The third-order valence-electron chi connectivity index (χ3n) is 10.3. The molecule has 0 amide bonds. The molecule has 1 aromatic heterocycles. The van der Waals surface area contributed by atoms with E-state index in [1.165, 1.54) is 31.2 Å². The van der Waals surface area contributed by atoms with E-state index in [0.717, 1.165) is 0 Å². The van der Waals surface area contributed by atoms with Gasteiger partial charge >= 0.3 is 17.9 Å². The maximum absolute atomic E-state index is 15.7. The number of esters is 2. The van der Waals surface area contributed by atoms with Gasteiger partial charge in [0.2, 0.25) is 11.4 Å². The van der Waals surface area contributed by atoms with E-state index >= 15 is 4.39 Å². The minimum atomic E-state index is -1.91. The smallest absolute Gasteiger partial charge is 0.375 e. The van der Waals surface area contributed by atoms with Crippen LogP contribution in [0.1, 0.15) is 63.3 Å². The van der Waals surface area contributed by atoms with Crippen LogP contribution in [0.4, 0.5) is 4.39 Å². The number of alkyl halides is 1. The number of furan rings is 1. The molecule has 208 valence electrons. The lowest BCUT2D eigenvalue weighted by molar-refractivity contribution is -0.185. The molecule has 10 heteroatoms. The molecule has 9 nitrogen and oxygen atoms in total. The van der Waals surface area contributed by atoms with E-state index in [-0.39, 0.29) is 48.3 Å².